The van der Waals surface area contributed by atoms with Crippen LogP contribution in [0.25, 0.3) is 0 Å². The predicted octanol–water partition coefficient (Wildman–Crippen LogP) is 2.45. The summed E-state index contributed by atoms with van der Waals surface area (Å²) in [6.45, 7) is -0.163. The fourth-order valence-electron chi connectivity index (χ4n) is 2.50. The van der Waals surface area contributed by atoms with Crippen molar-refractivity contribution in [3.8, 4) is 6.07 Å². The summed E-state index contributed by atoms with van der Waals surface area (Å²) in [6, 6.07) is 8.96. The summed E-state index contributed by atoms with van der Waals surface area (Å²) in [5, 5.41) is 10.7. The summed E-state index contributed by atoms with van der Waals surface area (Å²) in [7, 11) is 0. The molecule has 1 fully saturated rings. The number of piperidine rings is 1. The Morgan fingerprint density at radius 3 is 2.64 bits per heavy atom. The van der Waals surface area contributed by atoms with E-state index in [1.54, 1.807) is 24.3 Å². The number of hydrogen-bond acceptors (Lipinski definition) is 3. The smallest absolute Gasteiger partial charge is 0.371 e. The maximum atomic E-state index is 12.1. The number of halogens is 3. The van der Waals surface area contributed by atoms with Crippen LogP contribution in [-0.2, 0) is 4.79 Å². The zero-order valence-corrected chi connectivity index (χ0v) is 11.9. The van der Waals surface area contributed by atoms with Gasteiger partial charge < -0.3 is 10.2 Å². The number of nitrogens with one attached hydrogen (secondary N) is 1. The summed E-state index contributed by atoms with van der Waals surface area (Å²) in [6.07, 6.45) is -3.07. The topological polar surface area (TPSA) is 56.1 Å². The molecule has 1 N–H and O–H groups in total. The lowest BCUT2D eigenvalue weighted by Crippen LogP contribution is -2.45. The summed E-state index contributed by atoms with van der Waals surface area (Å²) < 4.78 is 36.4. The number of amides is 1. The molecule has 7 heteroatoms. The number of hydrogen-bond donors (Lipinski definition) is 1. The maximum Gasteiger partial charge on any atom is 0.405 e. The molecule has 0 radical (unpaired) electrons. The number of anilines is 1. The molecular weight excluding hydrogens is 295 g/mol. The first-order chi connectivity index (χ1) is 10.4. The SMILES string of the molecule is N#Cc1ccc(N2CCCC(C(=O)NCC(F)(F)F)C2)cc1. The molecule has 118 valence electrons. The zero-order chi connectivity index (χ0) is 16.2. The lowest BCUT2D eigenvalue weighted by molar-refractivity contribution is -0.140. The van der Waals surface area contributed by atoms with E-state index in [9.17, 15) is 18.0 Å². The van der Waals surface area contributed by atoms with Gasteiger partial charge in [0.2, 0.25) is 5.91 Å². The second-order valence-corrected chi connectivity index (χ2v) is 5.28. The Labute approximate surface area is 126 Å². The Balaban J connectivity index is 1.96. The van der Waals surface area contributed by atoms with Crippen LogP contribution < -0.4 is 10.2 Å². The second-order valence-electron chi connectivity index (χ2n) is 5.28. The number of carbonyl (C=O) groups excluding carboxylic acids is 1. The number of benzene rings is 1. The fourth-order valence-corrected chi connectivity index (χ4v) is 2.50. The van der Waals surface area contributed by atoms with Gasteiger partial charge in [0, 0.05) is 18.8 Å². The first-order valence-corrected chi connectivity index (χ1v) is 6.98. The molecule has 1 heterocycles. The van der Waals surface area contributed by atoms with E-state index >= 15 is 0 Å². The van der Waals surface area contributed by atoms with Crippen molar-refractivity contribution in [2.24, 2.45) is 5.92 Å². The van der Waals surface area contributed by atoms with E-state index in [0.29, 0.717) is 18.5 Å². The van der Waals surface area contributed by atoms with Crippen molar-refractivity contribution in [2.45, 2.75) is 19.0 Å². The van der Waals surface area contributed by atoms with Crippen molar-refractivity contribution in [3.05, 3.63) is 29.8 Å². The average Bonchev–Trinajstić information content (AvgIpc) is 2.52. The first kappa shape index (κ1) is 16.1. The minimum atomic E-state index is -4.39. The molecule has 0 aromatic heterocycles. The Hall–Kier alpha value is -2.23. The number of nitriles is 1. The molecule has 1 aromatic carbocycles. The minimum absolute atomic E-state index is 0.385. The van der Waals surface area contributed by atoms with E-state index in [0.717, 1.165) is 18.7 Å². The van der Waals surface area contributed by atoms with Gasteiger partial charge in [0.1, 0.15) is 6.54 Å². The van der Waals surface area contributed by atoms with E-state index in [1.165, 1.54) is 0 Å². The molecule has 22 heavy (non-hydrogen) atoms. The Bertz CT molecular complexity index is 563. The van der Waals surface area contributed by atoms with Crippen LogP contribution >= 0.6 is 0 Å². The normalized spacial score (nSPS) is 18.6. The van der Waals surface area contributed by atoms with Crippen LogP contribution in [0.2, 0.25) is 0 Å². The highest BCUT2D eigenvalue weighted by Gasteiger charge is 2.31. The molecule has 4 nitrogen and oxygen atoms in total. The van der Waals surface area contributed by atoms with Gasteiger partial charge in [0.25, 0.3) is 0 Å². The highest BCUT2D eigenvalue weighted by Crippen LogP contribution is 2.24. The Kier molecular flexibility index (Phi) is 4.91. The molecule has 0 saturated carbocycles. The number of rotatable bonds is 3. The highest BCUT2D eigenvalue weighted by atomic mass is 19.4. The molecule has 1 aromatic rings. The van der Waals surface area contributed by atoms with Gasteiger partial charge in [-0.2, -0.15) is 18.4 Å². The minimum Gasteiger partial charge on any atom is -0.371 e. The molecule has 2 rings (SSSR count). The zero-order valence-electron chi connectivity index (χ0n) is 11.9. The van der Waals surface area contributed by atoms with Crippen LogP contribution in [-0.4, -0.2) is 31.7 Å². The van der Waals surface area contributed by atoms with Gasteiger partial charge in [-0.15, -0.1) is 0 Å². The van der Waals surface area contributed by atoms with Crippen LogP contribution in [0.5, 0.6) is 0 Å². The van der Waals surface area contributed by atoms with Gasteiger partial charge in [-0.05, 0) is 37.1 Å². The number of alkyl halides is 3. The Morgan fingerprint density at radius 2 is 2.05 bits per heavy atom. The molecule has 1 saturated heterocycles. The van der Waals surface area contributed by atoms with Crippen LogP contribution in [0, 0.1) is 17.2 Å². The van der Waals surface area contributed by atoms with E-state index in [1.807, 2.05) is 16.3 Å². The quantitative estimate of drug-likeness (QED) is 0.933. The highest BCUT2D eigenvalue weighted by molar-refractivity contribution is 5.79. The van der Waals surface area contributed by atoms with Gasteiger partial charge in [-0.25, -0.2) is 0 Å². The van der Waals surface area contributed by atoms with Gasteiger partial charge in [-0.1, -0.05) is 0 Å². The summed E-state index contributed by atoms with van der Waals surface area (Å²) in [4.78, 5) is 13.8. The van der Waals surface area contributed by atoms with Crippen LogP contribution in [0.4, 0.5) is 18.9 Å². The maximum absolute atomic E-state index is 12.1. The first-order valence-electron chi connectivity index (χ1n) is 6.98. The molecule has 1 aliphatic rings. The molecule has 0 spiro atoms. The second kappa shape index (κ2) is 6.69. The van der Waals surface area contributed by atoms with Crippen molar-refractivity contribution in [1.29, 1.82) is 5.26 Å². The van der Waals surface area contributed by atoms with Crippen LogP contribution in [0.1, 0.15) is 18.4 Å². The standard InChI is InChI=1S/C15H16F3N3O/c16-15(17,18)10-20-14(22)12-2-1-7-21(9-12)13-5-3-11(8-19)4-6-13/h3-6,12H,1-2,7,9-10H2,(H,20,22). The van der Waals surface area contributed by atoms with Crippen molar-refractivity contribution in [1.82, 2.24) is 5.32 Å². The third-order valence-corrected chi connectivity index (χ3v) is 3.62. The van der Waals surface area contributed by atoms with Crippen molar-refractivity contribution in [2.75, 3.05) is 24.5 Å². The number of carbonyl (C=O) groups is 1. The van der Waals surface area contributed by atoms with Gasteiger partial charge in [0.05, 0.1) is 17.6 Å². The molecule has 1 amide bonds. The predicted molar refractivity (Wildman–Crippen MR) is 75.2 cm³/mol. The third kappa shape index (κ3) is 4.38. The van der Waals surface area contributed by atoms with Gasteiger partial charge in [-0.3, -0.25) is 4.79 Å². The average molecular weight is 311 g/mol. The largest absolute Gasteiger partial charge is 0.405 e. The molecule has 1 atom stereocenters. The van der Waals surface area contributed by atoms with Crippen molar-refractivity contribution in [3.63, 3.8) is 0 Å². The summed E-state index contributed by atoms with van der Waals surface area (Å²) in [5.74, 6) is -1.01. The van der Waals surface area contributed by atoms with Crippen LogP contribution in [0.3, 0.4) is 0 Å². The van der Waals surface area contributed by atoms with E-state index in [2.05, 4.69) is 0 Å². The van der Waals surface area contributed by atoms with Crippen molar-refractivity contribution < 1.29 is 18.0 Å². The van der Waals surface area contributed by atoms with Crippen molar-refractivity contribution >= 4 is 11.6 Å². The summed E-state index contributed by atoms with van der Waals surface area (Å²) >= 11 is 0. The van der Waals surface area contributed by atoms with E-state index in [-0.39, 0.29) is 0 Å². The lowest BCUT2D eigenvalue weighted by Gasteiger charge is -2.33. The van der Waals surface area contributed by atoms with E-state index < -0.39 is 24.5 Å². The molecule has 1 aliphatic heterocycles. The van der Waals surface area contributed by atoms with Crippen LogP contribution in [0.15, 0.2) is 24.3 Å². The Morgan fingerprint density at radius 1 is 1.36 bits per heavy atom. The molecular formula is C15H16F3N3O. The fraction of sp³-hybridized carbons (Fsp3) is 0.467. The van der Waals surface area contributed by atoms with Gasteiger partial charge >= 0.3 is 6.18 Å². The summed E-state index contributed by atoms with van der Waals surface area (Å²) in [5.41, 5.74) is 1.41. The van der Waals surface area contributed by atoms with Gasteiger partial charge in [0.15, 0.2) is 0 Å². The lowest BCUT2D eigenvalue weighted by atomic mass is 9.96. The monoisotopic (exact) mass is 311 g/mol. The third-order valence-electron chi connectivity index (χ3n) is 3.62. The molecule has 0 aliphatic carbocycles. The molecule has 1 unspecified atom stereocenters. The molecule has 0 bridgehead atoms. The van der Waals surface area contributed by atoms with E-state index in [4.69, 9.17) is 5.26 Å². The number of nitrogens with zero attached hydrogens (tertiary/aromatic N) is 2.